The van der Waals surface area contributed by atoms with Gasteiger partial charge in [-0.1, -0.05) is 12.1 Å². The van der Waals surface area contributed by atoms with Crippen LogP contribution in [-0.2, 0) is 16.1 Å². The average molecular weight is 448 g/mol. The van der Waals surface area contributed by atoms with E-state index < -0.39 is 0 Å². The number of aryl methyl sites for hydroxylation is 1. The molecular weight excluding hydrogens is 418 g/mol. The van der Waals surface area contributed by atoms with Gasteiger partial charge in [-0.3, -0.25) is 9.79 Å². The number of hydrogen-bond acceptors (Lipinski definition) is 7. The lowest BCUT2D eigenvalue weighted by Crippen LogP contribution is -2.43. The second-order valence-corrected chi connectivity index (χ2v) is 7.63. The molecule has 2 aromatic rings. The van der Waals surface area contributed by atoms with Crippen LogP contribution in [0, 0.1) is 6.92 Å². The van der Waals surface area contributed by atoms with Crippen molar-refractivity contribution >= 4 is 29.2 Å². The van der Waals surface area contributed by atoms with Gasteiger partial charge in [-0.2, -0.15) is 0 Å². The monoisotopic (exact) mass is 447 g/mol. The van der Waals surface area contributed by atoms with E-state index in [1.165, 1.54) is 11.3 Å². The molecule has 168 valence electrons. The fourth-order valence-electron chi connectivity index (χ4n) is 2.62. The number of nitrogens with zero attached hydrogens (tertiary/aromatic N) is 2. The summed E-state index contributed by atoms with van der Waals surface area (Å²) in [5, 5.41) is 9.74. The molecule has 3 N–H and O–H groups in total. The van der Waals surface area contributed by atoms with E-state index in [2.05, 4.69) is 25.9 Å². The van der Waals surface area contributed by atoms with Crippen LogP contribution in [0.3, 0.4) is 0 Å². The summed E-state index contributed by atoms with van der Waals surface area (Å²) in [6, 6.07) is 7.28. The van der Waals surface area contributed by atoms with Crippen molar-refractivity contribution in [3.63, 3.8) is 0 Å². The number of carbonyl (C=O) groups is 2. The minimum absolute atomic E-state index is 0.0630. The number of nitrogens with one attached hydrogen (secondary N) is 3. The highest BCUT2D eigenvalue weighted by Gasteiger charge is 2.20. The van der Waals surface area contributed by atoms with Crippen molar-refractivity contribution in [1.82, 2.24) is 20.9 Å². The molecule has 1 amide bonds. The standard InChI is InChI=1S/C21H29N5O4S/c1-6-30-20(28)18-13(2)25-19(31-18)14(3)26-21(22-4)24-12-17(27)23-11-15-7-9-16(29-5)10-8-15/h7-10,14H,6,11-12H2,1-5H3,(H,23,27)(H2,22,24,26). The predicted molar refractivity (Wildman–Crippen MR) is 121 cm³/mol. The van der Waals surface area contributed by atoms with E-state index in [1.54, 1.807) is 28.0 Å². The Morgan fingerprint density at radius 2 is 1.94 bits per heavy atom. The second kappa shape index (κ2) is 11.9. The van der Waals surface area contributed by atoms with Crippen LogP contribution in [0.25, 0.3) is 0 Å². The maximum atomic E-state index is 12.2. The lowest BCUT2D eigenvalue weighted by Gasteiger charge is -2.16. The van der Waals surface area contributed by atoms with Gasteiger partial charge in [0.2, 0.25) is 5.91 Å². The third kappa shape index (κ3) is 7.25. The molecule has 1 unspecified atom stereocenters. The zero-order chi connectivity index (χ0) is 22.8. The lowest BCUT2D eigenvalue weighted by atomic mass is 10.2. The molecule has 0 aliphatic carbocycles. The molecule has 31 heavy (non-hydrogen) atoms. The highest BCUT2D eigenvalue weighted by Crippen LogP contribution is 2.24. The van der Waals surface area contributed by atoms with Crippen LogP contribution < -0.4 is 20.7 Å². The fraction of sp³-hybridized carbons (Fsp3) is 0.429. The van der Waals surface area contributed by atoms with Gasteiger partial charge in [0.1, 0.15) is 15.6 Å². The zero-order valence-corrected chi connectivity index (χ0v) is 19.3. The first-order chi connectivity index (χ1) is 14.9. The van der Waals surface area contributed by atoms with E-state index >= 15 is 0 Å². The molecule has 1 atom stereocenters. The number of carbonyl (C=O) groups excluding carboxylic acids is 2. The van der Waals surface area contributed by atoms with Crippen LogP contribution in [0.2, 0.25) is 0 Å². The van der Waals surface area contributed by atoms with E-state index in [-0.39, 0.29) is 24.5 Å². The molecule has 0 aliphatic heterocycles. The number of guanidine groups is 1. The lowest BCUT2D eigenvalue weighted by molar-refractivity contribution is -0.120. The molecule has 0 aliphatic rings. The Morgan fingerprint density at radius 1 is 1.23 bits per heavy atom. The second-order valence-electron chi connectivity index (χ2n) is 6.60. The first-order valence-corrected chi connectivity index (χ1v) is 10.7. The van der Waals surface area contributed by atoms with Crippen LogP contribution >= 0.6 is 11.3 Å². The van der Waals surface area contributed by atoms with Gasteiger partial charge in [0, 0.05) is 13.6 Å². The van der Waals surface area contributed by atoms with Gasteiger partial charge in [0.05, 0.1) is 32.0 Å². The van der Waals surface area contributed by atoms with Crippen LogP contribution in [0.5, 0.6) is 5.75 Å². The molecule has 1 aromatic heterocycles. The Morgan fingerprint density at radius 3 is 2.55 bits per heavy atom. The number of benzene rings is 1. The molecule has 9 nitrogen and oxygen atoms in total. The van der Waals surface area contributed by atoms with Gasteiger partial charge in [0.15, 0.2) is 5.96 Å². The molecule has 0 saturated heterocycles. The van der Waals surface area contributed by atoms with Gasteiger partial charge < -0.3 is 25.4 Å². The van der Waals surface area contributed by atoms with E-state index in [9.17, 15) is 9.59 Å². The van der Waals surface area contributed by atoms with Gasteiger partial charge in [-0.15, -0.1) is 11.3 Å². The van der Waals surface area contributed by atoms with Crippen molar-refractivity contribution in [2.24, 2.45) is 4.99 Å². The van der Waals surface area contributed by atoms with Crippen LogP contribution in [-0.4, -0.2) is 50.1 Å². The molecular formula is C21H29N5O4S. The van der Waals surface area contributed by atoms with Gasteiger partial charge in [0.25, 0.3) is 0 Å². The summed E-state index contributed by atoms with van der Waals surface area (Å²) in [6.45, 7) is 6.25. The van der Waals surface area contributed by atoms with Crippen molar-refractivity contribution in [2.45, 2.75) is 33.4 Å². The van der Waals surface area contributed by atoms with Crippen molar-refractivity contribution in [2.75, 3.05) is 27.3 Å². The van der Waals surface area contributed by atoms with E-state index in [0.29, 0.717) is 29.7 Å². The Kier molecular flexibility index (Phi) is 9.26. The molecule has 0 saturated carbocycles. The number of amides is 1. The van der Waals surface area contributed by atoms with E-state index in [4.69, 9.17) is 9.47 Å². The van der Waals surface area contributed by atoms with E-state index in [0.717, 1.165) is 16.3 Å². The normalized spacial score (nSPS) is 12.1. The van der Waals surface area contributed by atoms with Gasteiger partial charge in [-0.25, -0.2) is 9.78 Å². The fourth-order valence-corrected chi connectivity index (χ4v) is 3.58. The quantitative estimate of drug-likeness (QED) is 0.307. The molecule has 0 fully saturated rings. The highest BCUT2D eigenvalue weighted by molar-refractivity contribution is 7.13. The number of ether oxygens (including phenoxy) is 2. The first-order valence-electron chi connectivity index (χ1n) is 9.89. The SMILES string of the molecule is CCOC(=O)c1sc(C(C)NC(=NC)NCC(=O)NCc2ccc(OC)cc2)nc1C. The number of hydrogen-bond donors (Lipinski definition) is 3. The molecule has 0 bridgehead atoms. The summed E-state index contributed by atoms with van der Waals surface area (Å²) in [5.41, 5.74) is 1.61. The maximum absolute atomic E-state index is 12.2. The van der Waals surface area contributed by atoms with Crippen LogP contribution in [0.1, 0.15) is 45.8 Å². The third-order valence-corrected chi connectivity index (χ3v) is 5.61. The van der Waals surface area contributed by atoms with E-state index in [1.807, 2.05) is 31.2 Å². The Labute approximate surface area is 186 Å². The summed E-state index contributed by atoms with van der Waals surface area (Å²) >= 11 is 1.28. The number of methoxy groups -OCH3 is 1. The third-order valence-electron chi connectivity index (χ3n) is 4.29. The largest absolute Gasteiger partial charge is 0.497 e. The van der Waals surface area contributed by atoms with Crippen molar-refractivity contribution in [3.05, 3.63) is 45.4 Å². The highest BCUT2D eigenvalue weighted by atomic mass is 32.1. The topological polar surface area (TPSA) is 114 Å². The molecule has 1 heterocycles. The average Bonchev–Trinajstić information content (AvgIpc) is 3.17. The molecule has 10 heteroatoms. The minimum atomic E-state index is -0.369. The first kappa shape index (κ1) is 24.1. The molecule has 0 spiro atoms. The van der Waals surface area contributed by atoms with Crippen LogP contribution in [0.15, 0.2) is 29.3 Å². The predicted octanol–water partition coefficient (Wildman–Crippen LogP) is 2.18. The summed E-state index contributed by atoms with van der Waals surface area (Å²) < 4.78 is 10.2. The minimum Gasteiger partial charge on any atom is -0.497 e. The number of rotatable bonds is 9. The smallest absolute Gasteiger partial charge is 0.350 e. The van der Waals surface area contributed by atoms with Crippen molar-refractivity contribution < 1.29 is 19.1 Å². The molecule has 0 radical (unpaired) electrons. The zero-order valence-electron chi connectivity index (χ0n) is 18.4. The van der Waals surface area contributed by atoms with Gasteiger partial charge in [-0.05, 0) is 38.5 Å². The summed E-state index contributed by atoms with van der Waals surface area (Å²) in [5.74, 6) is 0.691. The summed E-state index contributed by atoms with van der Waals surface area (Å²) in [4.78, 5) is 33.2. The number of aromatic nitrogens is 1. The van der Waals surface area contributed by atoms with Crippen molar-refractivity contribution in [3.8, 4) is 5.75 Å². The molecule has 2 rings (SSSR count). The van der Waals surface area contributed by atoms with Crippen molar-refractivity contribution in [1.29, 1.82) is 0 Å². The number of aliphatic imine (C=N–C) groups is 1. The van der Waals surface area contributed by atoms with Crippen LogP contribution in [0.4, 0.5) is 0 Å². The Balaban J connectivity index is 1.84. The Bertz CT molecular complexity index is 911. The number of esters is 1. The maximum Gasteiger partial charge on any atom is 0.350 e. The summed E-state index contributed by atoms with van der Waals surface area (Å²) in [6.07, 6.45) is 0. The molecule has 1 aromatic carbocycles. The summed E-state index contributed by atoms with van der Waals surface area (Å²) in [7, 11) is 3.23. The number of thiazole rings is 1. The van der Waals surface area contributed by atoms with Gasteiger partial charge >= 0.3 is 5.97 Å². The Hall–Kier alpha value is -3.14.